The summed E-state index contributed by atoms with van der Waals surface area (Å²) in [6.45, 7) is 1.97. The standard InChI is InChI=1S/C11H15ClO4S/c1-4-8-5-9(7-17(12,13)14)11(16-3)10(6-8)15-2/h5-6H,4,7H2,1-3H3. The minimum atomic E-state index is -3.62. The molecule has 0 radical (unpaired) electrons. The summed E-state index contributed by atoms with van der Waals surface area (Å²) in [5, 5.41) is 0. The van der Waals surface area contributed by atoms with Crippen LogP contribution in [0, 0.1) is 0 Å². The number of aryl methyl sites for hydroxylation is 1. The topological polar surface area (TPSA) is 52.6 Å². The summed E-state index contributed by atoms with van der Waals surface area (Å²) in [5.74, 6) is 0.651. The minimum absolute atomic E-state index is 0.276. The van der Waals surface area contributed by atoms with Crippen molar-refractivity contribution in [3.8, 4) is 11.5 Å². The second-order valence-electron chi connectivity index (χ2n) is 3.53. The summed E-state index contributed by atoms with van der Waals surface area (Å²) < 4.78 is 32.6. The van der Waals surface area contributed by atoms with Crippen LogP contribution in [0.3, 0.4) is 0 Å². The Kier molecular flexibility index (Phi) is 4.65. The van der Waals surface area contributed by atoms with Crippen molar-refractivity contribution in [3.63, 3.8) is 0 Å². The van der Waals surface area contributed by atoms with Gasteiger partial charge in [-0.05, 0) is 18.1 Å². The van der Waals surface area contributed by atoms with Gasteiger partial charge in [-0.2, -0.15) is 0 Å². The zero-order valence-electron chi connectivity index (χ0n) is 9.99. The van der Waals surface area contributed by atoms with E-state index in [1.54, 1.807) is 6.07 Å². The number of ether oxygens (including phenoxy) is 2. The molecule has 0 saturated heterocycles. The smallest absolute Gasteiger partial charge is 0.236 e. The minimum Gasteiger partial charge on any atom is -0.493 e. The molecule has 0 unspecified atom stereocenters. The van der Waals surface area contributed by atoms with Gasteiger partial charge in [-0.25, -0.2) is 8.42 Å². The number of methoxy groups -OCH3 is 2. The van der Waals surface area contributed by atoms with E-state index in [4.69, 9.17) is 20.2 Å². The van der Waals surface area contributed by atoms with Gasteiger partial charge in [0.15, 0.2) is 11.5 Å². The van der Waals surface area contributed by atoms with Crippen LogP contribution in [0.5, 0.6) is 11.5 Å². The van der Waals surface area contributed by atoms with E-state index in [-0.39, 0.29) is 5.75 Å². The van der Waals surface area contributed by atoms with Gasteiger partial charge in [0.1, 0.15) is 0 Å². The van der Waals surface area contributed by atoms with E-state index >= 15 is 0 Å². The lowest BCUT2D eigenvalue weighted by Crippen LogP contribution is -2.02. The van der Waals surface area contributed by atoms with Crippen molar-refractivity contribution >= 4 is 19.7 Å². The van der Waals surface area contributed by atoms with Crippen LogP contribution in [0.4, 0.5) is 0 Å². The van der Waals surface area contributed by atoms with E-state index in [0.29, 0.717) is 17.1 Å². The monoisotopic (exact) mass is 278 g/mol. The van der Waals surface area contributed by atoms with Crippen molar-refractivity contribution in [2.24, 2.45) is 0 Å². The maximum absolute atomic E-state index is 11.1. The molecule has 0 aliphatic carbocycles. The van der Waals surface area contributed by atoms with Gasteiger partial charge in [-0.3, -0.25) is 0 Å². The normalized spacial score (nSPS) is 11.3. The maximum Gasteiger partial charge on any atom is 0.236 e. The Morgan fingerprint density at radius 3 is 2.29 bits per heavy atom. The van der Waals surface area contributed by atoms with Crippen LogP contribution in [0.25, 0.3) is 0 Å². The summed E-state index contributed by atoms with van der Waals surface area (Å²) in [6.07, 6.45) is 0.773. The Labute approximate surface area is 106 Å². The quantitative estimate of drug-likeness (QED) is 0.776. The molecule has 0 N–H and O–H groups in total. The van der Waals surface area contributed by atoms with Crippen molar-refractivity contribution in [1.82, 2.24) is 0 Å². The molecule has 0 atom stereocenters. The van der Waals surface area contributed by atoms with Crippen LogP contribution >= 0.6 is 10.7 Å². The highest BCUT2D eigenvalue weighted by Crippen LogP contribution is 2.34. The summed E-state index contributed by atoms with van der Waals surface area (Å²) in [4.78, 5) is 0. The number of benzene rings is 1. The highest BCUT2D eigenvalue weighted by molar-refractivity contribution is 8.13. The Balaban J connectivity index is 3.34. The molecule has 0 spiro atoms. The summed E-state index contributed by atoms with van der Waals surface area (Å²) in [7, 11) is 4.62. The highest BCUT2D eigenvalue weighted by Gasteiger charge is 2.17. The molecule has 0 heterocycles. The number of hydrogen-bond donors (Lipinski definition) is 0. The van der Waals surface area contributed by atoms with Crippen LogP contribution in [0.1, 0.15) is 18.1 Å². The molecule has 0 saturated carbocycles. The molecule has 4 nitrogen and oxygen atoms in total. The molecule has 0 bridgehead atoms. The van der Waals surface area contributed by atoms with Crippen LogP contribution in [0.2, 0.25) is 0 Å². The van der Waals surface area contributed by atoms with Crippen molar-refractivity contribution in [2.75, 3.05) is 14.2 Å². The van der Waals surface area contributed by atoms with Crippen LogP contribution in [-0.4, -0.2) is 22.6 Å². The molecule has 0 aliphatic heterocycles. The first-order valence-corrected chi connectivity index (χ1v) is 7.55. The van der Waals surface area contributed by atoms with E-state index in [0.717, 1.165) is 12.0 Å². The molecule has 0 aromatic heterocycles. The van der Waals surface area contributed by atoms with Gasteiger partial charge >= 0.3 is 0 Å². The lowest BCUT2D eigenvalue weighted by Gasteiger charge is -2.13. The molecule has 96 valence electrons. The maximum atomic E-state index is 11.1. The van der Waals surface area contributed by atoms with Gasteiger partial charge < -0.3 is 9.47 Å². The van der Waals surface area contributed by atoms with Gasteiger partial charge in [-0.1, -0.05) is 13.0 Å². The fraction of sp³-hybridized carbons (Fsp3) is 0.455. The second-order valence-corrected chi connectivity index (χ2v) is 6.30. The molecule has 1 aromatic rings. The molecule has 0 aliphatic rings. The first-order chi connectivity index (χ1) is 7.91. The first-order valence-electron chi connectivity index (χ1n) is 5.07. The lowest BCUT2D eigenvalue weighted by atomic mass is 10.1. The molecule has 6 heteroatoms. The molecule has 1 rings (SSSR count). The molecular weight excluding hydrogens is 264 g/mol. The second kappa shape index (κ2) is 5.60. The van der Waals surface area contributed by atoms with Crippen molar-refractivity contribution in [2.45, 2.75) is 19.1 Å². The summed E-state index contributed by atoms with van der Waals surface area (Å²) in [5.41, 5.74) is 1.48. The van der Waals surface area contributed by atoms with E-state index in [1.807, 2.05) is 13.0 Å². The Morgan fingerprint density at radius 2 is 1.88 bits per heavy atom. The Hall–Kier alpha value is -0.940. The van der Waals surface area contributed by atoms with Gasteiger partial charge in [0.05, 0.1) is 20.0 Å². The van der Waals surface area contributed by atoms with Gasteiger partial charge in [0.2, 0.25) is 9.05 Å². The zero-order valence-corrected chi connectivity index (χ0v) is 11.6. The number of halogens is 1. The predicted octanol–water partition coefficient (Wildman–Crippen LogP) is 2.33. The summed E-state index contributed by atoms with van der Waals surface area (Å²) >= 11 is 0. The van der Waals surface area contributed by atoms with Gasteiger partial charge in [0.25, 0.3) is 0 Å². The largest absolute Gasteiger partial charge is 0.493 e. The Bertz CT molecular complexity index is 496. The molecule has 1 aromatic carbocycles. The Morgan fingerprint density at radius 1 is 1.24 bits per heavy atom. The number of rotatable bonds is 5. The summed E-state index contributed by atoms with van der Waals surface area (Å²) in [6, 6.07) is 3.59. The van der Waals surface area contributed by atoms with Crippen molar-refractivity contribution in [3.05, 3.63) is 23.3 Å². The van der Waals surface area contributed by atoms with E-state index < -0.39 is 9.05 Å². The van der Waals surface area contributed by atoms with Crippen LogP contribution < -0.4 is 9.47 Å². The van der Waals surface area contributed by atoms with Gasteiger partial charge in [0, 0.05) is 16.2 Å². The predicted molar refractivity (Wildman–Crippen MR) is 67.4 cm³/mol. The van der Waals surface area contributed by atoms with Crippen LogP contribution in [-0.2, 0) is 21.2 Å². The third-order valence-corrected chi connectivity index (χ3v) is 3.33. The first kappa shape index (κ1) is 14.1. The van der Waals surface area contributed by atoms with E-state index in [2.05, 4.69) is 0 Å². The zero-order chi connectivity index (χ0) is 13.1. The van der Waals surface area contributed by atoms with Crippen LogP contribution in [0.15, 0.2) is 12.1 Å². The fourth-order valence-electron chi connectivity index (χ4n) is 1.60. The SMILES string of the molecule is CCc1cc(CS(=O)(=O)Cl)c(OC)c(OC)c1. The third kappa shape index (κ3) is 3.78. The van der Waals surface area contributed by atoms with Gasteiger partial charge in [-0.15, -0.1) is 0 Å². The molecule has 0 fully saturated rings. The lowest BCUT2D eigenvalue weighted by molar-refractivity contribution is 0.352. The van der Waals surface area contributed by atoms with E-state index in [1.165, 1.54) is 14.2 Å². The third-order valence-electron chi connectivity index (χ3n) is 2.35. The molecular formula is C11H15ClO4S. The average Bonchev–Trinajstić information content (AvgIpc) is 2.25. The molecule has 17 heavy (non-hydrogen) atoms. The van der Waals surface area contributed by atoms with E-state index in [9.17, 15) is 8.42 Å². The van der Waals surface area contributed by atoms with Crippen molar-refractivity contribution < 1.29 is 17.9 Å². The molecule has 0 amide bonds. The van der Waals surface area contributed by atoms with Crippen molar-refractivity contribution in [1.29, 1.82) is 0 Å². The fourth-order valence-corrected chi connectivity index (χ4v) is 2.54. The average molecular weight is 279 g/mol. The number of hydrogen-bond acceptors (Lipinski definition) is 4. The highest BCUT2D eigenvalue weighted by atomic mass is 35.7.